The van der Waals surface area contributed by atoms with Crippen LogP contribution in [0.2, 0.25) is 0 Å². The average Bonchev–Trinajstić information content (AvgIpc) is 3.11. The van der Waals surface area contributed by atoms with Crippen LogP contribution < -0.4 is 16.4 Å². The summed E-state index contributed by atoms with van der Waals surface area (Å²) in [6.45, 7) is 3.07. The number of para-hydroxylation sites is 1. The van der Waals surface area contributed by atoms with Gasteiger partial charge in [0.1, 0.15) is 0 Å². The normalized spacial score (nSPS) is 22.1. The lowest BCUT2D eigenvalue weighted by Gasteiger charge is -2.35. The molecular formula is C21H29N5O2. The maximum absolute atomic E-state index is 13.2. The number of aromatic amines is 1. The van der Waals surface area contributed by atoms with Gasteiger partial charge in [0, 0.05) is 42.8 Å². The molecule has 2 aliphatic heterocycles. The molecule has 7 heteroatoms. The predicted molar refractivity (Wildman–Crippen MR) is 109 cm³/mol. The van der Waals surface area contributed by atoms with E-state index in [9.17, 15) is 9.59 Å². The largest absolute Gasteiger partial charge is 0.357 e. The molecule has 3 heterocycles. The molecule has 7 nitrogen and oxygen atoms in total. The van der Waals surface area contributed by atoms with E-state index < -0.39 is 0 Å². The molecule has 0 radical (unpaired) electrons. The van der Waals surface area contributed by atoms with Crippen molar-refractivity contribution >= 4 is 22.7 Å². The van der Waals surface area contributed by atoms with E-state index in [1.54, 1.807) is 0 Å². The van der Waals surface area contributed by atoms with Crippen LogP contribution in [-0.4, -0.2) is 53.9 Å². The first kappa shape index (κ1) is 19.0. The van der Waals surface area contributed by atoms with E-state index in [0.717, 1.165) is 31.3 Å². The first-order valence-electron chi connectivity index (χ1n) is 10.3. The van der Waals surface area contributed by atoms with Crippen LogP contribution in [0.1, 0.15) is 30.5 Å². The number of piperidine rings is 1. The molecule has 0 aliphatic carbocycles. The molecule has 0 bridgehead atoms. The summed E-state index contributed by atoms with van der Waals surface area (Å²) in [7, 11) is 0. The van der Waals surface area contributed by atoms with Crippen LogP contribution in [0.5, 0.6) is 0 Å². The number of hydrogen-bond donors (Lipinski definition) is 4. The van der Waals surface area contributed by atoms with E-state index in [1.807, 2.05) is 17.0 Å². The minimum absolute atomic E-state index is 0.0430. The van der Waals surface area contributed by atoms with Gasteiger partial charge in [-0.1, -0.05) is 18.2 Å². The summed E-state index contributed by atoms with van der Waals surface area (Å²) in [6.07, 6.45) is 3.16. The first-order valence-corrected chi connectivity index (χ1v) is 10.3. The minimum atomic E-state index is -0.231. The van der Waals surface area contributed by atoms with Gasteiger partial charge in [-0.15, -0.1) is 0 Å². The average molecular weight is 383 g/mol. The van der Waals surface area contributed by atoms with Crippen molar-refractivity contribution in [2.75, 3.05) is 26.2 Å². The molecule has 2 atom stereocenters. The number of nitrogens with one attached hydrogen (secondary N) is 3. The quantitative estimate of drug-likeness (QED) is 0.576. The Bertz CT molecular complexity index is 862. The molecule has 1 fully saturated rings. The van der Waals surface area contributed by atoms with Crippen LogP contribution in [-0.2, 0) is 22.6 Å². The second kappa shape index (κ2) is 8.32. The maximum atomic E-state index is 13.2. The Balaban J connectivity index is 1.41. The number of nitrogens with zero attached hydrogens (tertiary/aromatic N) is 1. The lowest BCUT2D eigenvalue weighted by atomic mass is 9.94. The smallest absolute Gasteiger partial charge is 0.240 e. The van der Waals surface area contributed by atoms with Crippen molar-refractivity contribution in [2.24, 2.45) is 11.7 Å². The van der Waals surface area contributed by atoms with Gasteiger partial charge in [-0.25, -0.2) is 0 Å². The van der Waals surface area contributed by atoms with Gasteiger partial charge in [0.2, 0.25) is 11.8 Å². The number of aromatic nitrogens is 1. The Labute approximate surface area is 165 Å². The number of carbonyl (C=O) groups excluding carboxylic acids is 2. The summed E-state index contributed by atoms with van der Waals surface area (Å²) in [5.41, 5.74) is 9.01. The number of likely N-dealkylation sites (tertiary alicyclic amines) is 1. The highest BCUT2D eigenvalue weighted by atomic mass is 16.2. The molecule has 2 unspecified atom stereocenters. The number of fused-ring (bicyclic) bond motifs is 3. The number of H-pyrrole nitrogens is 1. The van der Waals surface area contributed by atoms with E-state index in [4.69, 9.17) is 5.73 Å². The molecule has 1 aromatic carbocycles. The summed E-state index contributed by atoms with van der Waals surface area (Å²) in [4.78, 5) is 30.9. The second-order valence-corrected chi connectivity index (χ2v) is 7.82. The molecule has 4 rings (SSSR count). The van der Waals surface area contributed by atoms with Crippen LogP contribution >= 0.6 is 0 Å². The molecule has 1 saturated heterocycles. The minimum Gasteiger partial charge on any atom is -0.357 e. The first-order chi connectivity index (χ1) is 13.7. The molecule has 5 N–H and O–H groups in total. The monoisotopic (exact) mass is 383 g/mol. The van der Waals surface area contributed by atoms with Crippen LogP contribution in [0, 0.1) is 5.92 Å². The molecule has 0 spiro atoms. The van der Waals surface area contributed by atoms with Crippen LogP contribution in [0.3, 0.4) is 0 Å². The number of amides is 2. The number of carbonyl (C=O) groups is 2. The number of rotatable bonds is 5. The van der Waals surface area contributed by atoms with Crippen molar-refractivity contribution < 1.29 is 9.59 Å². The van der Waals surface area contributed by atoms with Gasteiger partial charge in [0.15, 0.2) is 0 Å². The third-order valence-electron chi connectivity index (χ3n) is 5.92. The fourth-order valence-electron chi connectivity index (χ4n) is 4.39. The van der Waals surface area contributed by atoms with Crippen LogP contribution in [0.4, 0.5) is 0 Å². The molecule has 2 amide bonds. The van der Waals surface area contributed by atoms with Crippen molar-refractivity contribution in [3.63, 3.8) is 0 Å². The highest BCUT2D eigenvalue weighted by Crippen LogP contribution is 2.27. The third kappa shape index (κ3) is 3.77. The summed E-state index contributed by atoms with van der Waals surface area (Å²) in [5, 5.41) is 7.53. The molecule has 1 aromatic heterocycles. The van der Waals surface area contributed by atoms with Crippen molar-refractivity contribution in [3.05, 3.63) is 35.5 Å². The molecule has 150 valence electrons. The Hall–Kier alpha value is -2.38. The lowest BCUT2D eigenvalue weighted by Crippen LogP contribution is -2.53. The topological polar surface area (TPSA) is 103 Å². The highest BCUT2D eigenvalue weighted by molar-refractivity contribution is 5.88. The summed E-state index contributed by atoms with van der Waals surface area (Å²) < 4.78 is 0. The third-order valence-corrected chi connectivity index (χ3v) is 5.92. The molecule has 2 aliphatic rings. The number of benzene rings is 1. The Morgan fingerprint density at radius 3 is 3.00 bits per heavy atom. The van der Waals surface area contributed by atoms with Gasteiger partial charge in [-0.05, 0) is 43.9 Å². The summed E-state index contributed by atoms with van der Waals surface area (Å²) in [5.74, 6) is 0.0274. The van der Waals surface area contributed by atoms with Gasteiger partial charge in [0.05, 0.1) is 12.0 Å². The Morgan fingerprint density at radius 1 is 1.29 bits per heavy atom. The summed E-state index contributed by atoms with van der Waals surface area (Å²) in [6, 6.07) is 8.01. The van der Waals surface area contributed by atoms with E-state index >= 15 is 0 Å². The summed E-state index contributed by atoms with van der Waals surface area (Å²) >= 11 is 0. The lowest BCUT2D eigenvalue weighted by molar-refractivity contribution is -0.137. The highest BCUT2D eigenvalue weighted by Gasteiger charge is 2.34. The second-order valence-electron chi connectivity index (χ2n) is 7.82. The molecule has 28 heavy (non-hydrogen) atoms. The fraction of sp³-hybridized carbons (Fsp3) is 0.524. The van der Waals surface area contributed by atoms with E-state index in [2.05, 4.69) is 27.8 Å². The molecular weight excluding hydrogens is 354 g/mol. The van der Waals surface area contributed by atoms with Gasteiger partial charge in [0.25, 0.3) is 0 Å². The standard InChI is InChI=1S/C21H29N5O2/c22-8-4-9-23-20(27)14-5-3-10-26(13-14)21(28)18-11-16-15-6-1-2-7-17(15)25-19(16)12-24-18/h1-2,6-7,14,18,24-25H,3-5,8-13,22H2,(H,23,27). The molecule has 0 saturated carbocycles. The van der Waals surface area contributed by atoms with Crippen molar-refractivity contribution in [1.29, 1.82) is 0 Å². The van der Waals surface area contributed by atoms with Crippen LogP contribution in [0.15, 0.2) is 24.3 Å². The Kier molecular flexibility index (Phi) is 5.64. The van der Waals surface area contributed by atoms with Crippen molar-refractivity contribution in [2.45, 2.75) is 38.3 Å². The Morgan fingerprint density at radius 2 is 2.14 bits per heavy atom. The van der Waals surface area contributed by atoms with Gasteiger partial charge in [-0.2, -0.15) is 0 Å². The zero-order valence-corrected chi connectivity index (χ0v) is 16.2. The van der Waals surface area contributed by atoms with Crippen molar-refractivity contribution in [1.82, 2.24) is 20.5 Å². The van der Waals surface area contributed by atoms with Gasteiger partial charge in [-0.3, -0.25) is 14.9 Å². The van der Waals surface area contributed by atoms with Crippen molar-refractivity contribution in [3.8, 4) is 0 Å². The van der Waals surface area contributed by atoms with Gasteiger partial charge >= 0.3 is 0 Å². The van der Waals surface area contributed by atoms with E-state index in [-0.39, 0.29) is 23.8 Å². The SMILES string of the molecule is NCCCNC(=O)C1CCCN(C(=O)C2Cc3c([nH]c4ccccc34)CN2)C1. The van der Waals surface area contributed by atoms with Crippen LogP contribution in [0.25, 0.3) is 10.9 Å². The van der Waals surface area contributed by atoms with E-state index in [1.165, 1.54) is 16.6 Å². The van der Waals surface area contributed by atoms with Gasteiger partial charge < -0.3 is 20.9 Å². The zero-order valence-electron chi connectivity index (χ0n) is 16.2. The predicted octanol–water partition coefficient (Wildman–Crippen LogP) is 0.886. The van der Waals surface area contributed by atoms with E-state index in [0.29, 0.717) is 32.6 Å². The fourth-order valence-corrected chi connectivity index (χ4v) is 4.39. The number of hydrogen-bond acceptors (Lipinski definition) is 4. The zero-order chi connectivity index (χ0) is 19.5. The number of nitrogens with two attached hydrogens (primary N) is 1. The maximum Gasteiger partial charge on any atom is 0.240 e. The molecule has 2 aromatic rings.